The van der Waals surface area contributed by atoms with E-state index in [1.54, 1.807) is 0 Å². The first-order chi connectivity index (χ1) is 11.1. The van der Waals surface area contributed by atoms with E-state index in [0.29, 0.717) is 13.2 Å². The highest BCUT2D eigenvalue weighted by atomic mass is 79.9. The van der Waals surface area contributed by atoms with Crippen LogP contribution in [0.1, 0.15) is 37.7 Å². The van der Waals surface area contributed by atoms with Gasteiger partial charge in [0.1, 0.15) is 0 Å². The van der Waals surface area contributed by atoms with Crippen LogP contribution in [0, 0.1) is 0 Å². The van der Waals surface area contributed by atoms with Crippen LogP contribution in [0.25, 0.3) is 0 Å². The Morgan fingerprint density at radius 3 is 2.54 bits per heavy atom. The molecular formula is C18H27BrN2O2Si. The molecule has 1 aromatic heterocycles. The van der Waals surface area contributed by atoms with E-state index >= 15 is 0 Å². The SMILES string of the molecule is CC(C)(C)[Si](C)(C)OCc1cc(CO)n(Cc2cccc(Br)c2)n1. The molecule has 6 heteroatoms. The van der Waals surface area contributed by atoms with Gasteiger partial charge >= 0.3 is 0 Å². The fourth-order valence-corrected chi connectivity index (χ4v) is 3.52. The number of benzene rings is 1. The summed E-state index contributed by atoms with van der Waals surface area (Å²) in [5.41, 5.74) is 2.82. The molecule has 0 saturated carbocycles. The number of aromatic nitrogens is 2. The van der Waals surface area contributed by atoms with Crippen LogP contribution in [-0.4, -0.2) is 23.2 Å². The van der Waals surface area contributed by atoms with E-state index in [1.165, 1.54) is 0 Å². The van der Waals surface area contributed by atoms with Crippen LogP contribution in [0.3, 0.4) is 0 Å². The van der Waals surface area contributed by atoms with Crippen molar-refractivity contribution >= 4 is 24.2 Å². The molecule has 0 atom stereocenters. The predicted molar refractivity (Wildman–Crippen MR) is 103 cm³/mol. The van der Waals surface area contributed by atoms with Crippen molar-refractivity contribution in [3.05, 3.63) is 51.8 Å². The van der Waals surface area contributed by atoms with E-state index in [2.05, 4.69) is 67.0 Å². The molecule has 0 fully saturated rings. The zero-order chi connectivity index (χ0) is 18.0. The van der Waals surface area contributed by atoms with Crippen molar-refractivity contribution in [2.24, 2.45) is 0 Å². The van der Waals surface area contributed by atoms with Gasteiger partial charge in [-0.3, -0.25) is 4.68 Å². The Morgan fingerprint density at radius 1 is 1.25 bits per heavy atom. The Kier molecular flexibility index (Phi) is 6.07. The summed E-state index contributed by atoms with van der Waals surface area (Å²) in [5, 5.41) is 14.4. The molecule has 1 heterocycles. The van der Waals surface area contributed by atoms with Crippen molar-refractivity contribution in [3.63, 3.8) is 0 Å². The number of hydrogen-bond acceptors (Lipinski definition) is 3. The lowest BCUT2D eigenvalue weighted by molar-refractivity contribution is 0.268. The molecule has 0 unspecified atom stereocenters. The van der Waals surface area contributed by atoms with Crippen LogP contribution in [0.15, 0.2) is 34.8 Å². The molecule has 0 aliphatic heterocycles. The maximum atomic E-state index is 9.62. The molecule has 2 rings (SSSR count). The molecule has 132 valence electrons. The highest BCUT2D eigenvalue weighted by Gasteiger charge is 2.37. The fraction of sp³-hybridized carbons (Fsp3) is 0.500. The first kappa shape index (κ1) is 19.4. The van der Waals surface area contributed by atoms with Crippen molar-refractivity contribution in [2.45, 2.75) is 58.7 Å². The van der Waals surface area contributed by atoms with E-state index in [0.717, 1.165) is 21.4 Å². The lowest BCUT2D eigenvalue weighted by Gasteiger charge is -2.35. The van der Waals surface area contributed by atoms with Crippen LogP contribution in [0.2, 0.25) is 18.1 Å². The second kappa shape index (κ2) is 7.52. The molecule has 0 bridgehead atoms. The minimum Gasteiger partial charge on any atom is -0.411 e. The molecule has 0 aliphatic carbocycles. The average Bonchev–Trinajstić information content (AvgIpc) is 2.86. The summed E-state index contributed by atoms with van der Waals surface area (Å²) < 4.78 is 9.13. The highest BCUT2D eigenvalue weighted by molar-refractivity contribution is 9.10. The van der Waals surface area contributed by atoms with Crippen LogP contribution in [0.4, 0.5) is 0 Å². The number of hydrogen-bond donors (Lipinski definition) is 1. The van der Waals surface area contributed by atoms with Gasteiger partial charge in [0.2, 0.25) is 0 Å². The maximum absolute atomic E-state index is 9.62. The molecule has 24 heavy (non-hydrogen) atoms. The van der Waals surface area contributed by atoms with Crippen molar-refractivity contribution in [2.75, 3.05) is 0 Å². The van der Waals surface area contributed by atoms with E-state index in [1.807, 2.05) is 22.9 Å². The lowest BCUT2D eigenvalue weighted by atomic mass is 10.2. The van der Waals surface area contributed by atoms with Gasteiger partial charge in [-0.15, -0.1) is 0 Å². The Bertz CT molecular complexity index is 693. The third kappa shape index (κ3) is 4.78. The monoisotopic (exact) mass is 410 g/mol. The Morgan fingerprint density at radius 2 is 1.96 bits per heavy atom. The standard InChI is InChI=1S/C18H27BrN2O2Si/c1-18(2,3)24(4,5)23-13-16-10-17(12-22)21(20-16)11-14-7-6-8-15(19)9-14/h6-10,22H,11-13H2,1-5H3. The average molecular weight is 411 g/mol. The summed E-state index contributed by atoms with van der Waals surface area (Å²) in [4.78, 5) is 0. The summed E-state index contributed by atoms with van der Waals surface area (Å²) in [5.74, 6) is 0. The van der Waals surface area contributed by atoms with Crippen molar-refractivity contribution in [1.82, 2.24) is 9.78 Å². The van der Waals surface area contributed by atoms with Crippen molar-refractivity contribution in [3.8, 4) is 0 Å². The number of aliphatic hydroxyl groups is 1. The van der Waals surface area contributed by atoms with Crippen molar-refractivity contribution in [1.29, 1.82) is 0 Å². The van der Waals surface area contributed by atoms with Gasteiger partial charge in [-0.25, -0.2) is 0 Å². The van der Waals surface area contributed by atoms with Gasteiger partial charge in [0.15, 0.2) is 8.32 Å². The fourth-order valence-electron chi connectivity index (χ4n) is 2.13. The zero-order valence-corrected chi connectivity index (χ0v) is 17.7. The van der Waals surface area contributed by atoms with Gasteiger partial charge in [0.25, 0.3) is 0 Å². The highest BCUT2D eigenvalue weighted by Crippen LogP contribution is 2.37. The second-order valence-corrected chi connectivity index (χ2v) is 13.3. The first-order valence-electron chi connectivity index (χ1n) is 8.17. The molecule has 0 spiro atoms. The largest absolute Gasteiger partial charge is 0.411 e. The number of halogens is 1. The molecule has 0 amide bonds. The number of rotatable bonds is 6. The minimum absolute atomic E-state index is 0.0267. The molecule has 0 saturated heterocycles. The number of aliphatic hydroxyl groups excluding tert-OH is 1. The van der Waals surface area contributed by atoms with Gasteiger partial charge in [-0.1, -0.05) is 48.8 Å². The Hall–Kier alpha value is -0.953. The molecule has 0 aliphatic rings. The van der Waals surface area contributed by atoms with E-state index in [4.69, 9.17) is 4.43 Å². The van der Waals surface area contributed by atoms with Gasteiger partial charge in [0.05, 0.1) is 31.1 Å². The zero-order valence-electron chi connectivity index (χ0n) is 15.1. The number of nitrogens with zero attached hydrogens (tertiary/aromatic N) is 2. The lowest BCUT2D eigenvalue weighted by Crippen LogP contribution is -2.40. The molecule has 1 N–H and O–H groups in total. The molecule has 1 aromatic carbocycles. The summed E-state index contributed by atoms with van der Waals surface area (Å²) in [6.45, 7) is 12.3. The van der Waals surface area contributed by atoms with Gasteiger partial charge in [-0.05, 0) is 41.9 Å². The Labute approximate surface area is 154 Å². The first-order valence-corrected chi connectivity index (χ1v) is 11.9. The van der Waals surface area contributed by atoms with E-state index < -0.39 is 8.32 Å². The summed E-state index contributed by atoms with van der Waals surface area (Å²) in [6.07, 6.45) is 0. The van der Waals surface area contributed by atoms with Crippen LogP contribution in [-0.2, 0) is 24.2 Å². The summed E-state index contributed by atoms with van der Waals surface area (Å²) >= 11 is 3.49. The smallest absolute Gasteiger partial charge is 0.192 e. The quantitative estimate of drug-likeness (QED) is 0.701. The van der Waals surface area contributed by atoms with Gasteiger partial charge in [-0.2, -0.15) is 5.10 Å². The van der Waals surface area contributed by atoms with E-state index in [9.17, 15) is 5.11 Å². The van der Waals surface area contributed by atoms with Crippen LogP contribution in [0.5, 0.6) is 0 Å². The van der Waals surface area contributed by atoms with Crippen molar-refractivity contribution < 1.29 is 9.53 Å². The third-order valence-electron chi connectivity index (χ3n) is 4.68. The van der Waals surface area contributed by atoms with Gasteiger partial charge in [0, 0.05) is 4.47 Å². The van der Waals surface area contributed by atoms with E-state index in [-0.39, 0.29) is 11.6 Å². The minimum atomic E-state index is -1.81. The molecule has 4 nitrogen and oxygen atoms in total. The normalized spacial score (nSPS) is 12.6. The second-order valence-electron chi connectivity index (χ2n) is 7.62. The summed E-state index contributed by atoms with van der Waals surface area (Å²) in [7, 11) is -1.81. The molecule has 2 aromatic rings. The third-order valence-corrected chi connectivity index (χ3v) is 9.66. The predicted octanol–water partition coefficient (Wildman–Crippen LogP) is 4.71. The van der Waals surface area contributed by atoms with Crippen LogP contribution >= 0.6 is 15.9 Å². The van der Waals surface area contributed by atoms with Gasteiger partial charge < -0.3 is 9.53 Å². The molecule has 0 radical (unpaired) electrons. The van der Waals surface area contributed by atoms with Crippen LogP contribution < -0.4 is 0 Å². The maximum Gasteiger partial charge on any atom is 0.192 e. The summed E-state index contributed by atoms with van der Waals surface area (Å²) in [6, 6.07) is 10.1. The molecular weight excluding hydrogens is 384 g/mol. The Balaban J connectivity index is 2.12. The topological polar surface area (TPSA) is 47.3 Å².